The Morgan fingerprint density at radius 3 is 2.68 bits per heavy atom. The van der Waals surface area contributed by atoms with Crippen molar-refractivity contribution in [2.75, 3.05) is 13.2 Å². The minimum atomic E-state index is -0.507. The SMILES string of the molecule is CCOC(=O)c1[nH]c2cc(Cl)ccc2c1C(NCC1CCCCC1)c1nnnn1-c1ccc(OCc2ccccc2Br)cc1. The molecule has 1 unspecified atom stereocenters. The molecule has 1 aliphatic rings. The predicted octanol–water partition coefficient (Wildman–Crippen LogP) is 7.57. The van der Waals surface area contributed by atoms with E-state index < -0.39 is 12.0 Å². The van der Waals surface area contributed by atoms with Gasteiger partial charge in [-0.05, 0) is 85.1 Å². The Kier molecular flexibility index (Phi) is 9.59. The van der Waals surface area contributed by atoms with Crippen molar-refractivity contribution >= 4 is 44.4 Å². The number of nitrogens with one attached hydrogen (secondary N) is 2. The van der Waals surface area contributed by atoms with E-state index in [-0.39, 0.29) is 6.61 Å². The number of carbonyl (C=O) groups excluding carboxylic acids is 1. The summed E-state index contributed by atoms with van der Waals surface area (Å²) in [4.78, 5) is 16.6. The summed E-state index contributed by atoms with van der Waals surface area (Å²) < 4.78 is 14.2. The van der Waals surface area contributed by atoms with E-state index in [1.807, 2.05) is 66.7 Å². The van der Waals surface area contributed by atoms with E-state index in [0.717, 1.165) is 44.5 Å². The molecule has 1 atom stereocenters. The van der Waals surface area contributed by atoms with Crippen LogP contribution >= 0.6 is 27.5 Å². The van der Waals surface area contributed by atoms with Crippen LogP contribution in [-0.4, -0.2) is 44.3 Å². The Balaban J connectivity index is 1.36. The Morgan fingerprint density at radius 1 is 1.11 bits per heavy atom. The van der Waals surface area contributed by atoms with Crippen LogP contribution < -0.4 is 10.1 Å². The van der Waals surface area contributed by atoms with Crippen molar-refractivity contribution < 1.29 is 14.3 Å². The van der Waals surface area contributed by atoms with Crippen molar-refractivity contribution in [3.8, 4) is 11.4 Å². The van der Waals surface area contributed by atoms with Gasteiger partial charge >= 0.3 is 5.97 Å². The van der Waals surface area contributed by atoms with Crippen LogP contribution in [0.15, 0.2) is 71.2 Å². The molecule has 0 aliphatic heterocycles. The Bertz CT molecular complexity index is 1730. The average molecular weight is 678 g/mol. The number of tetrazole rings is 1. The molecule has 0 spiro atoms. The van der Waals surface area contributed by atoms with Crippen LogP contribution in [0.3, 0.4) is 0 Å². The molecule has 3 aromatic carbocycles. The number of hydrogen-bond acceptors (Lipinski definition) is 7. The zero-order valence-electron chi connectivity index (χ0n) is 24.4. The quantitative estimate of drug-likeness (QED) is 0.139. The van der Waals surface area contributed by atoms with Crippen molar-refractivity contribution in [3.05, 3.63) is 98.9 Å². The van der Waals surface area contributed by atoms with E-state index in [1.54, 1.807) is 11.6 Å². The van der Waals surface area contributed by atoms with Gasteiger partial charge in [0.2, 0.25) is 0 Å². The molecule has 5 aromatic rings. The Hall–Kier alpha value is -3.73. The molecule has 2 N–H and O–H groups in total. The Morgan fingerprint density at radius 2 is 1.91 bits per heavy atom. The number of carbonyl (C=O) groups is 1. The fourth-order valence-electron chi connectivity index (χ4n) is 5.87. The number of fused-ring (bicyclic) bond motifs is 1. The summed E-state index contributed by atoms with van der Waals surface area (Å²) in [7, 11) is 0. The fraction of sp³-hybridized carbons (Fsp3) is 0.333. The number of rotatable bonds is 11. The van der Waals surface area contributed by atoms with Crippen LogP contribution in [0.4, 0.5) is 0 Å². The highest BCUT2D eigenvalue weighted by Crippen LogP contribution is 2.35. The molecule has 9 nitrogen and oxygen atoms in total. The lowest BCUT2D eigenvalue weighted by atomic mass is 9.89. The number of benzene rings is 3. The van der Waals surface area contributed by atoms with Crippen LogP contribution in [0, 0.1) is 5.92 Å². The molecular formula is C33H34BrClN6O3. The summed E-state index contributed by atoms with van der Waals surface area (Å²) in [6, 6.07) is 20.7. The van der Waals surface area contributed by atoms with Crippen LogP contribution in [0.5, 0.6) is 5.75 Å². The Labute approximate surface area is 269 Å². The van der Waals surface area contributed by atoms with E-state index in [4.69, 9.17) is 21.1 Å². The number of aromatic nitrogens is 5. The maximum Gasteiger partial charge on any atom is 0.355 e. The van der Waals surface area contributed by atoms with Gasteiger partial charge in [-0.2, -0.15) is 4.68 Å². The van der Waals surface area contributed by atoms with Crippen LogP contribution in [-0.2, 0) is 11.3 Å². The van der Waals surface area contributed by atoms with Crippen molar-refractivity contribution in [3.63, 3.8) is 0 Å². The summed E-state index contributed by atoms with van der Waals surface area (Å²) in [5.74, 6) is 1.38. The van der Waals surface area contributed by atoms with Gasteiger partial charge in [-0.15, -0.1) is 5.10 Å². The number of hydrogen-bond donors (Lipinski definition) is 2. The van der Waals surface area contributed by atoms with E-state index in [2.05, 4.69) is 41.8 Å². The van der Waals surface area contributed by atoms with Crippen LogP contribution in [0.1, 0.15) is 72.5 Å². The lowest BCUT2D eigenvalue weighted by molar-refractivity contribution is 0.0518. The van der Waals surface area contributed by atoms with E-state index in [1.165, 1.54) is 32.1 Å². The van der Waals surface area contributed by atoms with Gasteiger partial charge < -0.3 is 19.8 Å². The summed E-state index contributed by atoms with van der Waals surface area (Å²) in [5, 5.41) is 18.1. The first-order valence-corrected chi connectivity index (χ1v) is 16.2. The molecule has 2 aromatic heterocycles. The number of halogens is 2. The van der Waals surface area contributed by atoms with Gasteiger partial charge in [0.25, 0.3) is 0 Å². The molecule has 2 heterocycles. The van der Waals surface area contributed by atoms with Gasteiger partial charge in [-0.3, -0.25) is 0 Å². The van der Waals surface area contributed by atoms with E-state index >= 15 is 0 Å². The first-order chi connectivity index (χ1) is 21.5. The monoisotopic (exact) mass is 676 g/mol. The highest BCUT2D eigenvalue weighted by molar-refractivity contribution is 9.10. The summed E-state index contributed by atoms with van der Waals surface area (Å²) in [6.45, 7) is 3.25. The van der Waals surface area contributed by atoms with Gasteiger partial charge in [0.15, 0.2) is 5.82 Å². The number of nitrogens with zero attached hydrogens (tertiary/aromatic N) is 4. The maximum absolute atomic E-state index is 13.3. The molecular weight excluding hydrogens is 644 g/mol. The standard InChI is InChI=1S/C33H34BrClN6O3/c1-2-43-33(42)31-29(26-17-12-23(35)18-28(26)37-31)30(36-19-21-8-4-3-5-9-21)32-38-39-40-41(32)24-13-15-25(16-14-24)44-20-22-10-6-7-11-27(22)34/h6-7,10-18,21,30,36-37H,2-5,8-9,19-20H2,1H3. The highest BCUT2D eigenvalue weighted by Gasteiger charge is 2.31. The first kappa shape index (κ1) is 30.3. The third-order valence-corrected chi connectivity index (χ3v) is 9.10. The molecule has 1 aliphatic carbocycles. The molecule has 0 bridgehead atoms. The van der Waals surface area contributed by atoms with E-state index in [0.29, 0.717) is 29.1 Å². The smallest absolute Gasteiger partial charge is 0.355 e. The summed E-state index contributed by atoms with van der Waals surface area (Å²) in [5.41, 5.74) is 3.66. The molecule has 0 radical (unpaired) electrons. The molecule has 0 amide bonds. The zero-order chi connectivity index (χ0) is 30.5. The summed E-state index contributed by atoms with van der Waals surface area (Å²) >= 11 is 9.92. The molecule has 44 heavy (non-hydrogen) atoms. The number of H-pyrrole nitrogens is 1. The van der Waals surface area contributed by atoms with E-state index in [9.17, 15) is 4.79 Å². The highest BCUT2D eigenvalue weighted by atomic mass is 79.9. The van der Waals surface area contributed by atoms with Crippen LogP contribution in [0.2, 0.25) is 5.02 Å². The lowest BCUT2D eigenvalue weighted by Gasteiger charge is -2.25. The minimum Gasteiger partial charge on any atom is -0.489 e. The summed E-state index contributed by atoms with van der Waals surface area (Å²) in [6.07, 6.45) is 6.06. The molecule has 1 fully saturated rings. The first-order valence-electron chi connectivity index (χ1n) is 15.0. The minimum absolute atomic E-state index is 0.252. The topological polar surface area (TPSA) is 107 Å². The van der Waals surface area contributed by atoms with Gasteiger partial charge in [-0.1, -0.05) is 71.1 Å². The fourth-order valence-corrected chi connectivity index (χ4v) is 6.44. The third kappa shape index (κ3) is 6.67. The zero-order valence-corrected chi connectivity index (χ0v) is 26.8. The second-order valence-electron chi connectivity index (χ2n) is 11.0. The van der Waals surface area contributed by atoms with Crippen LogP contribution in [0.25, 0.3) is 16.6 Å². The van der Waals surface area contributed by atoms with Gasteiger partial charge in [0, 0.05) is 31.5 Å². The van der Waals surface area contributed by atoms with Crippen molar-refractivity contribution in [1.82, 2.24) is 30.5 Å². The second kappa shape index (κ2) is 13.9. The normalized spacial score (nSPS) is 14.5. The number of aromatic amines is 1. The average Bonchev–Trinajstić information content (AvgIpc) is 3.67. The van der Waals surface area contributed by atoms with Crippen molar-refractivity contribution in [2.24, 2.45) is 5.92 Å². The molecule has 0 saturated heterocycles. The number of ether oxygens (including phenoxy) is 2. The predicted molar refractivity (Wildman–Crippen MR) is 173 cm³/mol. The van der Waals surface area contributed by atoms with Crippen molar-refractivity contribution in [2.45, 2.75) is 51.7 Å². The lowest BCUT2D eigenvalue weighted by Crippen LogP contribution is -2.32. The molecule has 11 heteroatoms. The van der Waals surface area contributed by atoms with Gasteiger partial charge in [0.05, 0.1) is 18.3 Å². The number of esters is 1. The molecule has 228 valence electrons. The second-order valence-corrected chi connectivity index (χ2v) is 12.3. The molecule has 6 rings (SSSR count). The molecule has 1 saturated carbocycles. The maximum atomic E-state index is 13.3. The largest absolute Gasteiger partial charge is 0.489 e. The third-order valence-electron chi connectivity index (χ3n) is 8.09. The van der Waals surface area contributed by atoms with Gasteiger partial charge in [-0.25, -0.2) is 4.79 Å². The van der Waals surface area contributed by atoms with Gasteiger partial charge in [0.1, 0.15) is 18.1 Å². The van der Waals surface area contributed by atoms with Crippen molar-refractivity contribution in [1.29, 1.82) is 0 Å².